The van der Waals surface area contributed by atoms with E-state index in [4.69, 9.17) is 20.5 Å². The van der Waals surface area contributed by atoms with Crippen LogP contribution in [0.3, 0.4) is 0 Å². The van der Waals surface area contributed by atoms with Crippen molar-refractivity contribution in [1.82, 2.24) is 5.32 Å². The van der Waals surface area contributed by atoms with Gasteiger partial charge in [0.1, 0.15) is 18.0 Å². The predicted molar refractivity (Wildman–Crippen MR) is 86.6 cm³/mol. The number of amides is 1. The summed E-state index contributed by atoms with van der Waals surface area (Å²) in [7, 11) is 0. The lowest BCUT2D eigenvalue weighted by Crippen LogP contribution is -2.46. The highest BCUT2D eigenvalue weighted by Gasteiger charge is 2.25. The van der Waals surface area contributed by atoms with E-state index in [9.17, 15) is 14.7 Å². The average molecular weight is 335 g/mol. The number of carboxylic acids is 1. The highest BCUT2D eigenvalue weighted by Crippen LogP contribution is 2.25. The van der Waals surface area contributed by atoms with Gasteiger partial charge < -0.3 is 25.6 Å². The molecule has 0 radical (unpaired) electrons. The standard InChI is InChI=1S/C16H21N3O5/c1-9-5-13(11(18)6-10(9)7-17)23-8-12(14(20)21)19-15(22)24-16(2,3)4/h5-6,12H,8,18H2,1-4H3,(H,19,22)(H,20,21)/t12-/m0/s1. The molecule has 0 aliphatic heterocycles. The Morgan fingerprint density at radius 1 is 1.42 bits per heavy atom. The quantitative estimate of drug-likeness (QED) is 0.698. The van der Waals surface area contributed by atoms with Gasteiger partial charge in [-0.05, 0) is 45.4 Å². The van der Waals surface area contributed by atoms with Crippen molar-refractivity contribution < 1.29 is 24.2 Å². The first-order valence-corrected chi connectivity index (χ1v) is 7.19. The fourth-order valence-electron chi connectivity index (χ4n) is 1.74. The minimum Gasteiger partial charge on any atom is -0.489 e. The zero-order valence-electron chi connectivity index (χ0n) is 14.0. The van der Waals surface area contributed by atoms with Gasteiger partial charge in [0.2, 0.25) is 0 Å². The molecule has 0 unspecified atom stereocenters. The van der Waals surface area contributed by atoms with Crippen LogP contribution in [0.25, 0.3) is 0 Å². The van der Waals surface area contributed by atoms with Gasteiger partial charge in [-0.15, -0.1) is 0 Å². The summed E-state index contributed by atoms with van der Waals surface area (Å²) in [4.78, 5) is 22.9. The molecule has 8 heteroatoms. The Balaban J connectivity index is 2.78. The Bertz CT molecular complexity index is 674. The maximum atomic E-state index is 11.7. The first kappa shape index (κ1) is 19.1. The van der Waals surface area contributed by atoms with E-state index in [1.54, 1.807) is 33.8 Å². The molecule has 1 atom stereocenters. The molecule has 0 aromatic heterocycles. The van der Waals surface area contributed by atoms with Crippen LogP contribution in [0, 0.1) is 18.3 Å². The number of nitrogens with zero attached hydrogens (tertiary/aromatic N) is 1. The fourth-order valence-corrected chi connectivity index (χ4v) is 1.74. The average Bonchev–Trinajstić information content (AvgIpc) is 2.43. The molecule has 1 aromatic carbocycles. The number of ether oxygens (including phenoxy) is 2. The van der Waals surface area contributed by atoms with Gasteiger partial charge in [-0.3, -0.25) is 0 Å². The summed E-state index contributed by atoms with van der Waals surface area (Å²) in [5.74, 6) is -1.03. The lowest BCUT2D eigenvalue weighted by molar-refractivity contribution is -0.140. The molecular weight excluding hydrogens is 314 g/mol. The van der Waals surface area contributed by atoms with Gasteiger partial charge in [-0.25, -0.2) is 9.59 Å². The van der Waals surface area contributed by atoms with Crippen molar-refractivity contribution in [3.63, 3.8) is 0 Å². The number of nitrogens with two attached hydrogens (primary N) is 1. The van der Waals surface area contributed by atoms with Crippen LogP contribution in [0.1, 0.15) is 31.9 Å². The summed E-state index contributed by atoms with van der Waals surface area (Å²) in [5, 5.41) is 20.3. The number of aryl methyl sites for hydroxylation is 1. The molecule has 0 bridgehead atoms. The number of alkyl carbamates (subject to hydrolysis) is 1. The highest BCUT2D eigenvalue weighted by atomic mass is 16.6. The van der Waals surface area contributed by atoms with Crippen LogP contribution in [0.4, 0.5) is 10.5 Å². The molecule has 1 aromatic rings. The van der Waals surface area contributed by atoms with Gasteiger partial charge in [-0.1, -0.05) is 0 Å². The van der Waals surface area contributed by atoms with Gasteiger partial charge in [0.25, 0.3) is 0 Å². The van der Waals surface area contributed by atoms with Crippen molar-refractivity contribution in [2.45, 2.75) is 39.3 Å². The third kappa shape index (κ3) is 5.68. The molecule has 0 aliphatic carbocycles. The van der Waals surface area contributed by atoms with Gasteiger partial charge in [0, 0.05) is 0 Å². The number of aliphatic carboxylic acids is 1. The molecule has 24 heavy (non-hydrogen) atoms. The van der Waals surface area contributed by atoms with Crippen LogP contribution in [0.15, 0.2) is 12.1 Å². The Hall–Kier alpha value is -2.95. The number of nitrogen functional groups attached to an aromatic ring is 1. The van der Waals surface area contributed by atoms with Crippen molar-refractivity contribution in [1.29, 1.82) is 5.26 Å². The second-order valence-corrected chi connectivity index (χ2v) is 6.16. The lowest BCUT2D eigenvalue weighted by Gasteiger charge is -2.22. The topological polar surface area (TPSA) is 135 Å². The van der Waals surface area contributed by atoms with Gasteiger partial charge in [-0.2, -0.15) is 5.26 Å². The number of carbonyl (C=O) groups excluding carboxylic acids is 1. The third-order valence-electron chi connectivity index (χ3n) is 2.87. The van der Waals surface area contributed by atoms with Gasteiger partial charge in [0.05, 0.1) is 17.3 Å². The summed E-state index contributed by atoms with van der Waals surface area (Å²) in [6, 6.07) is 3.67. The molecule has 0 saturated carbocycles. The first-order chi connectivity index (χ1) is 11.0. The molecular formula is C16H21N3O5. The van der Waals surface area contributed by atoms with Crippen LogP contribution in [-0.4, -0.2) is 35.4 Å². The van der Waals surface area contributed by atoms with E-state index >= 15 is 0 Å². The minimum atomic E-state index is -1.31. The normalized spacial score (nSPS) is 12.0. The number of rotatable bonds is 5. The number of hydrogen-bond donors (Lipinski definition) is 3. The number of nitriles is 1. The van der Waals surface area contributed by atoms with E-state index in [0.717, 1.165) is 0 Å². The molecule has 1 rings (SSSR count). The molecule has 4 N–H and O–H groups in total. The number of benzene rings is 1. The minimum absolute atomic E-state index is 0.207. The van der Waals surface area contributed by atoms with Crippen molar-refractivity contribution in [2.24, 2.45) is 0 Å². The fraction of sp³-hybridized carbons (Fsp3) is 0.438. The summed E-state index contributed by atoms with van der Waals surface area (Å²) in [6.45, 7) is 6.36. The largest absolute Gasteiger partial charge is 0.489 e. The predicted octanol–water partition coefficient (Wildman–Crippen LogP) is 1.81. The lowest BCUT2D eigenvalue weighted by atomic mass is 10.1. The van der Waals surface area contributed by atoms with Crippen LogP contribution < -0.4 is 15.8 Å². The zero-order chi connectivity index (χ0) is 18.5. The van der Waals surface area contributed by atoms with Crippen molar-refractivity contribution >= 4 is 17.7 Å². The van der Waals surface area contributed by atoms with Crippen molar-refractivity contribution in [3.8, 4) is 11.8 Å². The number of hydrogen-bond acceptors (Lipinski definition) is 6. The smallest absolute Gasteiger partial charge is 0.408 e. The van der Waals surface area contributed by atoms with E-state index in [1.807, 2.05) is 6.07 Å². The SMILES string of the molecule is Cc1cc(OC[C@H](NC(=O)OC(C)(C)C)C(=O)O)c(N)cc1C#N. The van der Waals surface area contributed by atoms with E-state index in [1.165, 1.54) is 6.07 Å². The Morgan fingerprint density at radius 3 is 2.54 bits per heavy atom. The number of carbonyl (C=O) groups is 2. The summed E-state index contributed by atoms with van der Waals surface area (Å²) in [6.07, 6.45) is -0.859. The number of carboxylic acid groups (broad SMARTS) is 1. The highest BCUT2D eigenvalue weighted by molar-refractivity contribution is 5.80. The second-order valence-electron chi connectivity index (χ2n) is 6.16. The molecule has 0 heterocycles. The van der Waals surface area contributed by atoms with E-state index in [-0.39, 0.29) is 18.0 Å². The van der Waals surface area contributed by atoms with Crippen molar-refractivity contribution in [3.05, 3.63) is 23.3 Å². The summed E-state index contributed by atoms with van der Waals surface area (Å²) < 4.78 is 10.4. The first-order valence-electron chi connectivity index (χ1n) is 7.19. The Labute approximate surface area is 140 Å². The Morgan fingerprint density at radius 2 is 2.04 bits per heavy atom. The van der Waals surface area contributed by atoms with Gasteiger partial charge >= 0.3 is 12.1 Å². The molecule has 0 spiro atoms. The molecule has 0 fully saturated rings. The third-order valence-corrected chi connectivity index (χ3v) is 2.87. The molecule has 1 amide bonds. The number of nitrogens with one attached hydrogen (secondary N) is 1. The van der Waals surface area contributed by atoms with E-state index in [2.05, 4.69) is 5.32 Å². The van der Waals surface area contributed by atoms with Crippen molar-refractivity contribution in [2.75, 3.05) is 12.3 Å². The maximum Gasteiger partial charge on any atom is 0.408 e. The zero-order valence-corrected chi connectivity index (χ0v) is 14.0. The summed E-state index contributed by atoms with van der Waals surface area (Å²) >= 11 is 0. The van der Waals surface area contributed by atoms with Crippen LogP contribution >= 0.6 is 0 Å². The Kier molecular flexibility index (Phi) is 6.01. The van der Waals surface area contributed by atoms with E-state index in [0.29, 0.717) is 11.1 Å². The van der Waals surface area contributed by atoms with Crippen LogP contribution in [0.2, 0.25) is 0 Å². The monoisotopic (exact) mass is 335 g/mol. The maximum absolute atomic E-state index is 11.7. The molecule has 0 saturated heterocycles. The van der Waals surface area contributed by atoms with Crippen LogP contribution in [-0.2, 0) is 9.53 Å². The number of anilines is 1. The van der Waals surface area contributed by atoms with Crippen LogP contribution in [0.5, 0.6) is 5.75 Å². The van der Waals surface area contributed by atoms with Gasteiger partial charge in [0.15, 0.2) is 6.04 Å². The summed E-state index contributed by atoms with van der Waals surface area (Å²) in [5.41, 5.74) is 6.29. The molecule has 0 aliphatic rings. The molecule has 8 nitrogen and oxygen atoms in total. The second kappa shape index (κ2) is 7.55. The molecule has 130 valence electrons. The van der Waals surface area contributed by atoms with E-state index < -0.39 is 23.7 Å².